The Morgan fingerprint density at radius 1 is 1.03 bits per heavy atom. The van der Waals surface area contributed by atoms with Gasteiger partial charge in [0.15, 0.2) is 0 Å². The van der Waals surface area contributed by atoms with E-state index < -0.39 is 10.2 Å². The Kier molecular flexibility index (Phi) is 7.02. The summed E-state index contributed by atoms with van der Waals surface area (Å²) in [6.07, 6.45) is 1.21. The Labute approximate surface area is 198 Å². The van der Waals surface area contributed by atoms with Crippen molar-refractivity contribution in [1.82, 2.24) is 9.62 Å². The van der Waals surface area contributed by atoms with E-state index in [1.807, 2.05) is 23.6 Å². The molecule has 1 aliphatic rings. The molecule has 1 aliphatic heterocycles. The second-order valence-electron chi connectivity index (χ2n) is 8.01. The average molecular weight is 486 g/mol. The number of nitrogens with zero attached hydrogens (tertiary/aromatic N) is 1. The van der Waals surface area contributed by atoms with Crippen molar-refractivity contribution in [3.63, 3.8) is 0 Å². The van der Waals surface area contributed by atoms with E-state index in [2.05, 4.69) is 16.1 Å². The number of nitrogens with one attached hydrogen (secondary N) is 2. The van der Waals surface area contributed by atoms with Crippen LogP contribution in [0.1, 0.15) is 28.1 Å². The van der Waals surface area contributed by atoms with Crippen molar-refractivity contribution in [3.8, 4) is 5.75 Å². The maximum Gasteiger partial charge on any atom is 0.301 e. The Bertz CT molecular complexity index is 1170. The number of benzene rings is 2. The van der Waals surface area contributed by atoms with Gasteiger partial charge in [-0.1, -0.05) is 36.4 Å². The number of carbonyl (C=O) groups is 1. The van der Waals surface area contributed by atoms with E-state index in [9.17, 15) is 13.2 Å². The smallest absolute Gasteiger partial charge is 0.301 e. The molecule has 3 aromatic rings. The maximum atomic E-state index is 12.9. The Morgan fingerprint density at radius 3 is 2.39 bits per heavy atom. The van der Waals surface area contributed by atoms with Crippen molar-refractivity contribution in [1.29, 1.82) is 0 Å². The highest BCUT2D eigenvalue weighted by Gasteiger charge is 2.40. The summed E-state index contributed by atoms with van der Waals surface area (Å²) in [7, 11) is -2.12. The molecule has 0 spiro atoms. The molecule has 0 saturated carbocycles. The van der Waals surface area contributed by atoms with Crippen LogP contribution < -0.4 is 14.8 Å². The first-order chi connectivity index (χ1) is 15.9. The predicted molar refractivity (Wildman–Crippen MR) is 131 cm³/mol. The number of piperidine rings is 1. The third-order valence-electron chi connectivity index (χ3n) is 6.02. The molecule has 7 nitrogen and oxygen atoms in total. The summed E-state index contributed by atoms with van der Waals surface area (Å²) in [4.78, 5) is 14.1. The van der Waals surface area contributed by atoms with Crippen molar-refractivity contribution in [3.05, 3.63) is 82.6 Å². The number of rotatable bonds is 8. The molecule has 1 fully saturated rings. The average Bonchev–Trinajstić information content (AvgIpc) is 3.39. The van der Waals surface area contributed by atoms with Crippen molar-refractivity contribution in [2.24, 2.45) is 0 Å². The number of thiophene rings is 1. The van der Waals surface area contributed by atoms with E-state index in [-0.39, 0.29) is 11.3 Å². The van der Waals surface area contributed by atoms with Gasteiger partial charge in [-0.25, -0.2) is 0 Å². The second kappa shape index (κ2) is 9.94. The number of amides is 1. The van der Waals surface area contributed by atoms with E-state index in [4.69, 9.17) is 4.74 Å². The fourth-order valence-corrected chi connectivity index (χ4v) is 6.36. The molecule has 0 radical (unpaired) electrons. The molecule has 0 bridgehead atoms. The van der Waals surface area contributed by atoms with Crippen LogP contribution in [0.4, 0.5) is 5.69 Å². The zero-order valence-corrected chi connectivity index (χ0v) is 20.0. The predicted octanol–water partition coefficient (Wildman–Crippen LogP) is 3.88. The standard InChI is InChI=1S/C24H27N3O4S2/c1-31-21-11-6-5-10-20(21)23(28)25-18-24(22-12-7-17-32-22)13-15-27(16-14-24)33(29,30)26-19-8-3-2-4-9-19/h2-12,17,26H,13-16,18H2,1H3,(H,25,28). The van der Waals surface area contributed by atoms with Crippen molar-refractivity contribution in [2.75, 3.05) is 31.5 Å². The minimum Gasteiger partial charge on any atom is -0.496 e. The first-order valence-electron chi connectivity index (χ1n) is 10.7. The Morgan fingerprint density at radius 2 is 1.73 bits per heavy atom. The number of carbonyl (C=O) groups excluding carboxylic acids is 1. The molecular formula is C24H27N3O4S2. The Balaban J connectivity index is 1.47. The fraction of sp³-hybridized carbons (Fsp3) is 0.292. The minimum atomic E-state index is -3.66. The van der Waals surface area contributed by atoms with Gasteiger partial charge in [0.2, 0.25) is 0 Å². The zero-order chi connectivity index (χ0) is 23.3. The van der Waals surface area contributed by atoms with E-state index in [1.165, 1.54) is 4.31 Å². The van der Waals surface area contributed by atoms with Crippen LogP contribution in [0.15, 0.2) is 72.1 Å². The van der Waals surface area contributed by atoms with Gasteiger partial charge in [0.05, 0.1) is 12.7 Å². The van der Waals surface area contributed by atoms with Gasteiger partial charge in [-0.05, 0) is 48.6 Å². The summed E-state index contributed by atoms with van der Waals surface area (Å²) in [5, 5.41) is 5.08. The molecule has 9 heteroatoms. The molecule has 1 amide bonds. The van der Waals surface area contributed by atoms with Crippen LogP contribution in [0.3, 0.4) is 0 Å². The van der Waals surface area contributed by atoms with Crippen LogP contribution in [0.2, 0.25) is 0 Å². The lowest BCUT2D eigenvalue weighted by Gasteiger charge is -2.41. The molecular weight excluding hydrogens is 458 g/mol. The van der Waals surface area contributed by atoms with E-state index in [0.29, 0.717) is 49.5 Å². The lowest BCUT2D eigenvalue weighted by molar-refractivity contribution is 0.0930. The van der Waals surface area contributed by atoms with Gasteiger partial charge >= 0.3 is 10.2 Å². The molecule has 4 rings (SSSR count). The number of ether oxygens (including phenoxy) is 1. The summed E-state index contributed by atoms with van der Waals surface area (Å²) >= 11 is 1.64. The number of hydrogen-bond donors (Lipinski definition) is 2. The molecule has 0 aliphatic carbocycles. The van der Waals surface area contributed by atoms with Crippen LogP contribution in [-0.4, -0.2) is 45.4 Å². The monoisotopic (exact) mass is 485 g/mol. The normalized spacial score (nSPS) is 16.2. The summed E-state index contributed by atoms with van der Waals surface area (Å²) in [5.41, 5.74) is 0.690. The van der Waals surface area contributed by atoms with Crippen LogP contribution in [0.25, 0.3) is 0 Å². The highest BCUT2D eigenvalue weighted by Crippen LogP contribution is 2.38. The van der Waals surface area contributed by atoms with Gasteiger partial charge in [-0.15, -0.1) is 11.3 Å². The minimum absolute atomic E-state index is 0.204. The number of methoxy groups -OCH3 is 1. The van der Waals surface area contributed by atoms with Crippen molar-refractivity contribution < 1.29 is 17.9 Å². The quantitative estimate of drug-likeness (QED) is 0.507. The van der Waals surface area contributed by atoms with Gasteiger partial charge in [0, 0.05) is 35.6 Å². The van der Waals surface area contributed by atoms with Crippen LogP contribution in [0.5, 0.6) is 5.75 Å². The van der Waals surface area contributed by atoms with E-state index >= 15 is 0 Å². The van der Waals surface area contributed by atoms with E-state index in [1.54, 1.807) is 60.9 Å². The van der Waals surface area contributed by atoms with Crippen molar-refractivity contribution in [2.45, 2.75) is 18.3 Å². The number of para-hydroxylation sites is 2. The van der Waals surface area contributed by atoms with E-state index in [0.717, 1.165) is 4.88 Å². The van der Waals surface area contributed by atoms with Gasteiger partial charge in [-0.3, -0.25) is 9.52 Å². The summed E-state index contributed by atoms with van der Waals surface area (Å²) in [5.74, 6) is 0.317. The number of hydrogen-bond acceptors (Lipinski definition) is 5. The molecule has 2 N–H and O–H groups in total. The van der Waals surface area contributed by atoms with Gasteiger partial charge in [-0.2, -0.15) is 12.7 Å². The number of anilines is 1. The molecule has 174 valence electrons. The topological polar surface area (TPSA) is 87.7 Å². The lowest BCUT2D eigenvalue weighted by Crippen LogP contribution is -2.51. The molecule has 1 saturated heterocycles. The SMILES string of the molecule is COc1ccccc1C(=O)NCC1(c2cccs2)CCN(S(=O)(=O)Nc2ccccc2)CC1. The lowest BCUT2D eigenvalue weighted by atomic mass is 9.77. The Hall–Kier alpha value is -2.88. The highest BCUT2D eigenvalue weighted by atomic mass is 32.2. The summed E-state index contributed by atoms with van der Waals surface area (Å²) < 4.78 is 35.3. The highest BCUT2D eigenvalue weighted by molar-refractivity contribution is 7.90. The molecule has 0 unspecified atom stereocenters. The largest absolute Gasteiger partial charge is 0.496 e. The third-order valence-corrected chi connectivity index (χ3v) is 8.68. The maximum absolute atomic E-state index is 12.9. The van der Waals surface area contributed by atoms with Gasteiger partial charge in [0.1, 0.15) is 5.75 Å². The van der Waals surface area contributed by atoms with Crippen LogP contribution >= 0.6 is 11.3 Å². The molecule has 2 heterocycles. The molecule has 2 aromatic carbocycles. The summed E-state index contributed by atoms with van der Waals surface area (Å²) in [6, 6.07) is 20.0. The third kappa shape index (κ3) is 5.21. The zero-order valence-electron chi connectivity index (χ0n) is 18.4. The van der Waals surface area contributed by atoms with Crippen molar-refractivity contribution >= 4 is 33.1 Å². The van der Waals surface area contributed by atoms with Crippen LogP contribution in [-0.2, 0) is 15.6 Å². The molecule has 33 heavy (non-hydrogen) atoms. The second-order valence-corrected chi connectivity index (χ2v) is 10.6. The summed E-state index contributed by atoms with van der Waals surface area (Å²) in [6.45, 7) is 1.15. The van der Waals surface area contributed by atoms with Gasteiger partial charge in [0.25, 0.3) is 5.91 Å². The first-order valence-corrected chi connectivity index (χ1v) is 13.0. The van der Waals surface area contributed by atoms with Crippen LogP contribution in [0, 0.1) is 0 Å². The fourth-order valence-electron chi connectivity index (χ4n) is 4.14. The van der Waals surface area contributed by atoms with Gasteiger partial charge < -0.3 is 10.1 Å². The first kappa shape index (κ1) is 23.3. The molecule has 1 aromatic heterocycles. The molecule has 0 atom stereocenters.